The smallest absolute Gasteiger partial charge is 0.335 e. The Morgan fingerprint density at radius 1 is 1.33 bits per heavy atom. The second kappa shape index (κ2) is 5.29. The van der Waals surface area contributed by atoms with E-state index < -0.39 is 5.97 Å². The summed E-state index contributed by atoms with van der Waals surface area (Å²) in [6.45, 7) is 2.26. The maximum Gasteiger partial charge on any atom is 0.335 e. The highest BCUT2D eigenvalue weighted by Gasteiger charge is 2.20. The van der Waals surface area contributed by atoms with Gasteiger partial charge in [-0.3, -0.25) is 0 Å². The lowest BCUT2D eigenvalue weighted by atomic mass is 9.89. The van der Waals surface area contributed by atoms with E-state index in [2.05, 4.69) is 6.92 Å². The van der Waals surface area contributed by atoms with Crippen LogP contribution in [0.25, 0.3) is 0 Å². The Labute approximate surface area is 107 Å². The van der Waals surface area contributed by atoms with E-state index in [0.29, 0.717) is 11.4 Å². The average Bonchev–Trinajstić information content (AvgIpc) is 2.34. The third-order valence-corrected chi connectivity index (χ3v) is 3.51. The van der Waals surface area contributed by atoms with E-state index >= 15 is 0 Å². The van der Waals surface area contributed by atoms with E-state index in [9.17, 15) is 4.79 Å². The van der Waals surface area contributed by atoms with Gasteiger partial charge in [-0.2, -0.15) is 0 Å². The molecule has 98 valence electrons. The van der Waals surface area contributed by atoms with Crippen LogP contribution in [0.4, 0.5) is 5.69 Å². The van der Waals surface area contributed by atoms with Crippen molar-refractivity contribution >= 4 is 11.7 Å². The summed E-state index contributed by atoms with van der Waals surface area (Å²) in [5.41, 5.74) is 6.40. The second-order valence-electron chi connectivity index (χ2n) is 5.06. The Bertz CT molecular complexity index is 437. The van der Waals surface area contributed by atoms with E-state index in [0.717, 1.165) is 18.8 Å². The molecular weight excluding hydrogens is 230 g/mol. The van der Waals surface area contributed by atoms with Gasteiger partial charge in [-0.1, -0.05) is 6.92 Å². The third-order valence-electron chi connectivity index (χ3n) is 3.51. The molecule has 0 amide bonds. The number of hydrogen-bond donors (Lipinski definition) is 2. The Hall–Kier alpha value is -1.71. The number of ether oxygens (including phenoxy) is 1. The van der Waals surface area contributed by atoms with Crippen molar-refractivity contribution in [1.82, 2.24) is 0 Å². The molecule has 3 N–H and O–H groups in total. The van der Waals surface area contributed by atoms with Crippen LogP contribution in [0.1, 0.15) is 43.0 Å². The number of nitrogen functional groups attached to an aromatic ring is 1. The van der Waals surface area contributed by atoms with Crippen LogP contribution in [0.15, 0.2) is 18.2 Å². The topological polar surface area (TPSA) is 72.5 Å². The number of nitrogens with two attached hydrogens (primary N) is 1. The third kappa shape index (κ3) is 2.94. The fourth-order valence-corrected chi connectivity index (χ4v) is 2.32. The molecule has 1 aliphatic rings. The molecule has 4 nitrogen and oxygen atoms in total. The zero-order valence-corrected chi connectivity index (χ0v) is 10.6. The number of benzene rings is 1. The summed E-state index contributed by atoms with van der Waals surface area (Å²) in [5.74, 6) is 0.399. The lowest BCUT2D eigenvalue weighted by Crippen LogP contribution is -2.23. The molecule has 0 radical (unpaired) electrons. The van der Waals surface area contributed by atoms with Crippen LogP contribution < -0.4 is 10.5 Å². The first-order chi connectivity index (χ1) is 8.56. The molecule has 1 saturated carbocycles. The largest absolute Gasteiger partial charge is 0.488 e. The molecule has 0 spiro atoms. The van der Waals surface area contributed by atoms with Crippen molar-refractivity contribution in [3.05, 3.63) is 23.8 Å². The van der Waals surface area contributed by atoms with Crippen LogP contribution in [0.2, 0.25) is 0 Å². The first-order valence-electron chi connectivity index (χ1n) is 6.35. The summed E-state index contributed by atoms with van der Waals surface area (Å²) in [7, 11) is 0. The number of carbonyl (C=O) groups is 1. The maximum absolute atomic E-state index is 10.8. The first kappa shape index (κ1) is 12.7. The number of hydrogen-bond acceptors (Lipinski definition) is 3. The number of aromatic carboxylic acids is 1. The second-order valence-corrected chi connectivity index (χ2v) is 5.06. The van der Waals surface area contributed by atoms with E-state index in [4.69, 9.17) is 15.6 Å². The Kier molecular flexibility index (Phi) is 3.75. The van der Waals surface area contributed by atoms with Crippen LogP contribution >= 0.6 is 0 Å². The van der Waals surface area contributed by atoms with Gasteiger partial charge in [0.15, 0.2) is 0 Å². The molecule has 0 aromatic heterocycles. The summed E-state index contributed by atoms with van der Waals surface area (Å²) >= 11 is 0. The molecule has 0 aliphatic heterocycles. The summed E-state index contributed by atoms with van der Waals surface area (Å²) in [4.78, 5) is 10.8. The Morgan fingerprint density at radius 2 is 2.00 bits per heavy atom. The molecule has 0 heterocycles. The monoisotopic (exact) mass is 249 g/mol. The van der Waals surface area contributed by atoms with Crippen molar-refractivity contribution < 1.29 is 14.6 Å². The maximum atomic E-state index is 10.8. The van der Waals surface area contributed by atoms with Crippen molar-refractivity contribution in [3.63, 3.8) is 0 Å². The van der Waals surface area contributed by atoms with Gasteiger partial charge < -0.3 is 15.6 Å². The molecule has 0 saturated heterocycles. The molecule has 1 aliphatic carbocycles. The Morgan fingerprint density at radius 3 is 2.56 bits per heavy atom. The normalized spacial score (nSPS) is 23.6. The van der Waals surface area contributed by atoms with Gasteiger partial charge in [0.2, 0.25) is 0 Å². The van der Waals surface area contributed by atoms with E-state index in [1.54, 1.807) is 6.07 Å². The molecule has 4 heteroatoms. The van der Waals surface area contributed by atoms with Gasteiger partial charge in [0.1, 0.15) is 5.75 Å². The van der Waals surface area contributed by atoms with Gasteiger partial charge in [-0.05, 0) is 49.8 Å². The van der Waals surface area contributed by atoms with Gasteiger partial charge >= 0.3 is 5.97 Å². The zero-order chi connectivity index (χ0) is 13.1. The summed E-state index contributed by atoms with van der Waals surface area (Å²) < 4.78 is 5.85. The molecule has 2 rings (SSSR count). The van der Waals surface area contributed by atoms with Gasteiger partial charge in [-0.25, -0.2) is 4.79 Å². The van der Waals surface area contributed by atoms with Crippen molar-refractivity contribution in [2.75, 3.05) is 5.73 Å². The van der Waals surface area contributed by atoms with E-state index in [-0.39, 0.29) is 11.7 Å². The fraction of sp³-hybridized carbons (Fsp3) is 0.500. The van der Waals surface area contributed by atoms with Gasteiger partial charge in [0, 0.05) is 0 Å². The van der Waals surface area contributed by atoms with Gasteiger partial charge in [0.25, 0.3) is 0 Å². The average molecular weight is 249 g/mol. The molecule has 0 bridgehead atoms. The molecule has 1 aromatic carbocycles. The number of anilines is 1. The van der Waals surface area contributed by atoms with E-state index in [1.165, 1.54) is 25.0 Å². The minimum Gasteiger partial charge on any atom is -0.488 e. The zero-order valence-electron chi connectivity index (χ0n) is 10.6. The summed E-state index contributed by atoms with van der Waals surface area (Å²) in [6.07, 6.45) is 4.65. The van der Waals surface area contributed by atoms with Gasteiger partial charge in [0.05, 0.1) is 17.4 Å². The van der Waals surface area contributed by atoms with Gasteiger partial charge in [-0.15, -0.1) is 0 Å². The molecular formula is C14H19NO3. The SMILES string of the molecule is CC1CCC(Oc2ccc(C(=O)O)cc2N)CC1. The van der Waals surface area contributed by atoms with Crippen LogP contribution in [-0.2, 0) is 0 Å². The van der Waals surface area contributed by atoms with Crippen LogP contribution in [0, 0.1) is 5.92 Å². The van der Waals surface area contributed by atoms with E-state index in [1.807, 2.05) is 0 Å². The molecule has 18 heavy (non-hydrogen) atoms. The predicted molar refractivity (Wildman–Crippen MR) is 69.9 cm³/mol. The quantitative estimate of drug-likeness (QED) is 0.808. The molecule has 1 aromatic rings. The number of rotatable bonds is 3. The lowest BCUT2D eigenvalue weighted by Gasteiger charge is -2.27. The van der Waals surface area contributed by atoms with Crippen LogP contribution in [-0.4, -0.2) is 17.2 Å². The molecule has 0 unspecified atom stereocenters. The lowest BCUT2D eigenvalue weighted by molar-refractivity contribution is 0.0697. The molecule has 0 atom stereocenters. The highest BCUT2D eigenvalue weighted by Crippen LogP contribution is 2.30. The minimum absolute atomic E-state index is 0.192. The van der Waals surface area contributed by atoms with Crippen LogP contribution in [0.5, 0.6) is 5.75 Å². The standard InChI is InChI=1S/C14H19NO3/c1-9-2-5-11(6-3-9)18-13-7-4-10(14(16)17)8-12(13)15/h4,7-9,11H,2-3,5-6,15H2,1H3,(H,16,17). The van der Waals surface area contributed by atoms with Crippen molar-refractivity contribution in [2.45, 2.75) is 38.7 Å². The highest BCUT2D eigenvalue weighted by atomic mass is 16.5. The highest BCUT2D eigenvalue weighted by molar-refractivity contribution is 5.89. The van der Waals surface area contributed by atoms with Crippen molar-refractivity contribution in [3.8, 4) is 5.75 Å². The van der Waals surface area contributed by atoms with Crippen LogP contribution in [0.3, 0.4) is 0 Å². The minimum atomic E-state index is -0.972. The number of carboxylic acid groups (broad SMARTS) is 1. The number of carboxylic acids is 1. The summed E-state index contributed by atoms with van der Waals surface area (Å²) in [5, 5.41) is 8.85. The van der Waals surface area contributed by atoms with Crippen molar-refractivity contribution in [1.29, 1.82) is 0 Å². The Balaban J connectivity index is 2.03. The van der Waals surface area contributed by atoms with Crippen molar-refractivity contribution in [2.24, 2.45) is 5.92 Å². The first-order valence-corrected chi connectivity index (χ1v) is 6.35. The summed E-state index contributed by atoms with van der Waals surface area (Å²) in [6, 6.07) is 4.62. The fourth-order valence-electron chi connectivity index (χ4n) is 2.32. The molecule has 1 fully saturated rings. The predicted octanol–water partition coefficient (Wildman–Crippen LogP) is 2.92.